The third kappa shape index (κ3) is 4.50. The highest BCUT2D eigenvalue weighted by Crippen LogP contribution is 2.31. The number of rotatable bonds is 6. The van der Waals surface area contributed by atoms with Crippen molar-refractivity contribution in [3.05, 3.63) is 83.4 Å². The van der Waals surface area contributed by atoms with Crippen molar-refractivity contribution in [1.29, 1.82) is 0 Å². The maximum absolute atomic E-state index is 12.2. The molecule has 1 aromatic heterocycles. The van der Waals surface area contributed by atoms with Gasteiger partial charge in [0.15, 0.2) is 6.61 Å². The molecule has 1 heterocycles. The standard InChI is InChI=1S/C23H18ClN3O3/c1-15-10-12-16(13-11-15)25-21(28)14-29-20-9-5-3-7-18(20)22-26-23(30-27-22)17-6-2-4-8-19(17)24/h2-13H,14H2,1H3,(H,25,28). The molecule has 7 heteroatoms. The van der Waals surface area contributed by atoms with Gasteiger partial charge in [0.1, 0.15) is 5.75 Å². The molecule has 1 N–H and O–H groups in total. The lowest BCUT2D eigenvalue weighted by Crippen LogP contribution is -2.20. The molecule has 3 aromatic carbocycles. The molecule has 0 atom stereocenters. The van der Waals surface area contributed by atoms with Gasteiger partial charge in [-0.15, -0.1) is 0 Å². The highest BCUT2D eigenvalue weighted by molar-refractivity contribution is 6.33. The summed E-state index contributed by atoms with van der Waals surface area (Å²) in [6, 6.07) is 22.0. The minimum absolute atomic E-state index is 0.153. The third-order valence-electron chi connectivity index (χ3n) is 4.35. The Labute approximate surface area is 178 Å². The number of aryl methyl sites for hydroxylation is 1. The van der Waals surface area contributed by atoms with E-state index in [4.69, 9.17) is 20.9 Å². The summed E-state index contributed by atoms with van der Waals surface area (Å²) >= 11 is 6.21. The second kappa shape index (κ2) is 8.80. The first-order valence-corrected chi connectivity index (χ1v) is 9.65. The molecule has 4 rings (SSSR count). The molecule has 30 heavy (non-hydrogen) atoms. The maximum Gasteiger partial charge on any atom is 0.262 e. The van der Waals surface area contributed by atoms with Gasteiger partial charge in [-0.05, 0) is 43.3 Å². The van der Waals surface area contributed by atoms with Crippen molar-refractivity contribution in [3.8, 4) is 28.6 Å². The summed E-state index contributed by atoms with van der Waals surface area (Å²) in [5.74, 6) is 0.864. The number of hydrogen-bond donors (Lipinski definition) is 1. The summed E-state index contributed by atoms with van der Waals surface area (Å²) in [5.41, 5.74) is 3.09. The van der Waals surface area contributed by atoms with Crippen molar-refractivity contribution in [2.45, 2.75) is 6.92 Å². The molecule has 0 unspecified atom stereocenters. The van der Waals surface area contributed by atoms with Crippen LogP contribution in [0.5, 0.6) is 5.75 Å². The van der Waals surface area contributed by atoms with Gasteiger partial charge in [0, 0.05) is 5.69 Å². The van der Waals surface area contributed by atoms with E-state index in [0.717, 1.165) is 5.56 Å². The lowest BCUT2D eigenvalue weighted by Gasteiger charge is -2.10. The Kier molecular flexibility index (Phi) is 5.77. The summed E-state index contributed by atoms with van der Waals surface area (Å²) in [4.78, 5) is 16.7. The number of anilines is 1. The van der Waals surface area contributed by atoms with Gasteiger partial charge in [0.05, 0.1) is 16.1 Å². The molecular weight excluding hydrogens is 402 g/mol. The molecular formula is C23H18ClN3O3. The van der Waals surface area contributed by atoms with E-state index in [1.54, 1.807) is 24.3 Å². The van der Waals surface area contributed by atoms with Crippen LogP contribution in [0.2, 0.25) is 5.02 Å². The molecule has 0 aliphatic heterocycles. The van der Waals surface area contributed by atoms with E-state index in [2.05, 4.69) is 15.5 Å². The van der Waals surface area contributed by atoms with Gasteiger partial charge in [0.25, 0.3) is 11.8 Å². The molecule has 0 saturated carbocycles. The molecule has 6 nitrogen and oxygen atoms in total. The highest BCUT2D eigenvalue weighted by atomic mass is 35.5. The van der Waals surface area contributed by atoms with E-state index < -0.39 is 0 Å². The maximum atomic E-state index is 12.2. The predicted octanol–water partition coefficient (Wildman–Crippen LogP) is 5.38. The second-order valence-corrected chi connectivity index (χ2v) is 7.01. The number of para-hydroxylation sites is 1. The number of amides is 1. The SMILES string of the molecule is Cc1ccc(NC(=O)COc2ccccc2-c2noc(-c3ccccc3Cl)n2)cc1. The van der Waals surface area contributed by atoms with Gasteiger partial charge in [-0.1, -0.05) is 58.7 Å². The first-order chi connectivity index (χ1) is 14.6. The summed E-state index contributed by atoms with van der Waals surface area (Å²) in [5, 5.41) is 7.36. The number of ether oxygens (including phenoxy) is 1. The van der Waals surface area contributed by atoms with E-state index in [1.165, 1.54) is 0 Å². The minimum atomic E-state index is -0.265. The summed E-state index contributed by atoms with van der Waals surface area (Å²) < 4.78 is 11.1. The van der Waals surface area contributed by atoms with Crippen molar-refractivity contribution >= 4 is 23.2 Å². The van der Waals surface area contributed by atoms with Crippen LogP contribution in [0, 0.1) is 6.92 Å². The number of halogens is 1. The topological polar surface area (TPSA) is 77.2 Å². The lowest BCUT2D eigenvalue weighted by atomic mass is 10.2. The first-order valence-electron chi connectivity index (χ1n) is 9.27. The number of nitrogens with zero attached hydrogens (tertiary/aromatic N) is 2. The van der Waals surface area contributed by atoms with E-state index >= 15 is 0 Å². The third-order valence-corrected chi connectivity index (χ3v) is 4.68. The number of aromatic nitrogens is 2. The van der Waals surface area contributed by atoms with Gasteiger partial charge in [-0.3, -0.25) is 4.79 Å². The van der Waals surface area contributed by atoms with Crippen LogP contribution in [0.4, 0.5) is 5.69 Å². The normalized spacial score (nSPS) is 10.6. The molecule has 0 bridgehead atoms. The van der Waals surface area contributed by atoms with Crippen molar-refractivity contribution in [3.63, 3.8) is 0 Å². The Morgan fingerprint density at radius 3 is 2.47 bits per heavy atom. The Morgan fingerprint density at radius 2 is 1.70 bits per heavy atom. The van der Waals surface area contributed by atoms with Crippen LogP contribution in [0.15, 0.2) is 77.3 Å². The van der Waals surface area contributed by atoms with Crippen molar-refractivity contribution < 1.29 is 14.1 Å². The van der Waals surface area contributed by atoms with E-state index in [-0.39, 0.29) is 12.5 Å². The van der Waals surface area contributed by atoms with Crippen LogP contribution in [-0.4, -0.2) is 22.7 Å². The van der Waals surface area contributed by atoms with Gasteiger partial charge in [-0.25, -0.2) is 0 Å². The molecule has 150 valence electrons. The minimum Gasteiger partial charge on any atom is -0.483 e. The largest absolute Gasteiger partial charge is 0.483 e. The zero-order valence-corrected chi connectivity index (χ0v) is 16.9. The van der Waals surface area contributed by atoms with Crippen molar-refractivity contribution in [2.75, 3.05) is 11.9 Å². The summed E-state index contributed by atoms with van der Waals surface area (Å²) in [6.45, 7) is 1.83. The Hall–Kier alpha value is -3.64. The summed E-state index contributed by atoms with van der Waals surface area (Å²) in [7, 11) is 0. The molecule has 0 aliphatic carbocycles. The molecule has 1 amide bonds. The summed E-state index contributed by atoms with van der Waals surface area (Å²) in [6.07, 6.45) is 0. The molecule has 0 fully saturated rings. The smallest absolute Gasteiger partial charge is 0.262 e. The zero-order chi connectivity index (χ0) is 20.9. The fourth-order valence-electron chi connectivity index (χ4n) is 2.83. The van der Waals surface area contributed by atoms with Crippen LogP contribution in [0.1, 0.15) is 5.56 Å². The zero-order valence-electron chi connectivity index (χ0n) is 16.1. The average Bonchev–Trinajstić information content (AvgIpc) is 3.24. The van der Waals surface area contributed by atoms with Gasteiger partial charge in [0.2, 0.25) is 5.82 Å². The van der Waals surface area contributed by atoms with Crippen LogP contribution in [0.25, 0.3) is 22.8 Å². The van der Waals surface area contributed by atoms with Crippen LogP contribution >= 0.6 is 11.6 Å². The number of carbonyl (C=O) groups is 1. The Bertz CT molecular complexity index is 1170. The molecule has 0 saturated heterocycles. The van der Waals surface area contributed by atoms with Crippen molar-refractivity contribution in [2.24, 2.45) is 0 Å². The van der Waals surface area contributed by atoms with E-state index in [0.29, 0.717) is 39.3 Å². The number of nitrogens with one attached hydrogen (secondary N) is 1. The van der Waals surface area contributed by atoms with E-state index in [1.807, 2.05) is 55.5 Å². The van der Waals surface area contributed by atoms with E-state index in [9.17, 15) is 4.79 Å². The fraction of sp³-hybridized carbons (Fsp3) is 0.0870. The van der Waals surface area contributed by atoms with Crippen LogP contribution < -0.4 is 10.1 Å². The van der Waals surface area contributed by atoms with Crippen LogP contribution in [-0.2, 0) is 4.79 Å². The Balaban J connectivity index is 1.49. The van der Waals surface area contributed by atoms with Gasteiger partial charge in [-0.2, -0.15) is 4.98 Å². The molecule has 0 spiro atoms. The number of carbonyl (C=O) groups excluding carboxylic acids is 1. The number of benzene rings is 3. The van der Waals surface area contributed by atoms with Gasteiger partial charge < -0.3 is 14.6 Å². The fourth-order valence-corrected chi connectivity index (χ4v) is 3.05. The van der Waals surface area contributed by atoms with Crippen molar-refractivity contribution in [1.82, 2.24) is 10.1 Å². The molecule has 4 aromatic rings. The molecule has 0 radical (unpaired) electrons. The monoisotopic (exact) mass is 419 g/mol. The predicted molar refractivity (Wildman–Crippen MR) is 115 cm³/mol. The highest BCUT2D eigenvalue weighted by Gasteiger charge is 2.16. The lowest BCUT2D eigenvalue weighted by molar-refractivity contribution is -0.118. The number of hydrogen-bond acceptors (Lipinski definition) is 5. The second-order valence-electron chi connectivity index (χ2n) is 6.60. The Morgan fingerprint density at radius 1 is 1.00 bits per heavy atom. The average molecular weight is 420 g/mol. The quantitative estimate of drug-likeness (QED) is 0.453. The van der Waals surface area contributed by atoms with Crippen LogP contribution in [0.3, 0.4) is 0 Å². The molecule has 0 aliphatic rings. The van der Waals surface area contributed by atoms with Gasteiger partial charge >= 0.3 is 0 Å². The first kappa shape index (κ1) is 19.7.